The molecule has 0 saturated heterocycles. The Kier molecular flexibility index (Phi) is 9.49. The molecule has 0 N–H and O–H groups in total. The Hall–Kier alpha value is -8.34. The Bertz CT molecular complexity index is 3500. The second-order valence-electron chi connectivity index (χ2n) is 17.1. The molecular weight excluding hydrogens is 789 g/mol. The van der Waals surface area contributed by atoms with Crippen molar-refractivity contribution in [3.63, 3.8) is 0 Å². The minimum atomic E-state index is 0.484. The quantitative estimate of drug-likeness (QED) is 0.144. The number of anilines is 6. The van der Waals surface area contributed by atoms with Gasteiger partial charge >= 0.3 is 0 Å². The van der Waals surface area contributed by atoms with E-state index in [4.69, 9.17) is 0 Å². The van der Waals surface area contributed by atoms with E-state index >= 15 is 0 Å². The van der Waals surface area contributed by atoms with Crippen LogP contribution in [0.5, 0.6) is 0 Å². The van der Waals surface area contributed by atoms with Crippen LogP contribution >= 0.6 is 0 Å². The van der Waals surface area contributed by atoms with Gasteiger partial charge in [-0.3, -0.25) is 0 Å². The lowest BCUT2D eigenvalue weighted by Gasteiger charge is -2.26. The molecule has 2 aromatic heterocycles. The molecule has 0 bridgehead atoms. The molecule has 0 saturated carbocycles. The van der Waals surface area contributed by atoms with Crippen molar-refractivity contribution in [2.45, 2.75) is 13.3 Å². The monoisotopic (exact) mass is 834 g/mol. The van der Waals surface area contributed by atoms with Gasteiger partial charge in [0.25, 0.3) is 0 Å². The summed E-state index contributed by atoms with van der Waals surface area (Å²) in [5.41, 5.74) is 17.7. The number of hydrogen-bond donors (Lipinski definition) is 0. The summed E-state index contributed by atoms with van der Waals surface area (Å²) >= 11 is 0. The number of aromatic nitrogens is 2. The highest BCUT2D eigenvalue weighted by atomic mass is 15.1. The average Bonchev–Trinajstić information content (AvgIpc) is 3.87. The van der Waals surface area contributed by atoms with Crippen molar-refractivity contribution in [1.29, 1.82) is 0 Å². The van der Waals surface area contributed by atoms with Gasteiger partial charge in [-0.25, -0.2) is 0 Å². The lowest BCUT2D eigenvalue weighted by atomic mass is 9.93. The fourth-order valence-corrected chi connectivity index (χ4v) is 10.0. The predicted octanol–water partition coefficient (Wildman–Crippen LogP) is 16.5. The number of nitrogens with zero attached hydrogens (tertiary/aromatic N) is 4. The SMILES string of the molecule is CC1C=Cc2c(c3cc(N(c4ccccc4)c4ccc(-c5ccc(N(c6ccccc6)c6ccc7c(c6)c6ccccc6n7-c6ccccc6)cc5)cc4)ccc3n2-c2ccccc2)C1. The maximum Gasteiger partial charge on any atom is 0.0542 e. The molecule has 12 rings (SSSR count). The van der Waals surface area contributed by atoms with Gasteiger partial charge < -0.3 is 18.9 Å². The van der Waals surface area contributed by atoms with E-state index in [1.54, 1.807) is 0 Å². The zero-order valence-electron chi connectivity index (χ0n) is 36.2. The third kappa shape index (κ3) is 6.79. The average molecular weight is 835 g/mol. The van der Waals surface area contributed by atoms with E-state index in [9.17, 15) is 0 Å². The van der Waals surface area contributed by atoms with Crippen LogP contribution in [0.4, 0.5) is 34.1 Å². The van der Waals surface area contributed by atoms with Crippen molar-refractivity contribution in [2.24, 2.45) is 5.92 Å². The first-order valence-electron chi connectivity index (χ1n) is 22.6. The van der Waals surface area contributed by atoms with Crippen LogP contribution in [0.25, 0.3) is 61.3 Å². The fraction of sp³-hybridized carbons (Fsp3) is 0.0492. The Morgan fingerprint density at radius 3 is 1.34 bits per heavy atom. The van der Waals surface area contributed by atoms with Gasteiger partial charge in [0, 0.05) is 67.4 Å². The van der Waals surface area contributed by atoms with E-state index in [1.807, 2.05) is 0 Å². The van der Waals surface area contributed by atoms with Gasteiger partial charge in [-0.05, 0) is 150 Å². The summed E-state index contributed by atoms with van der Waals surface area (Å²) in [5.74, 6) is 0.484. The second-order valence-corrected chi connectivity index (χ2v) is 17.1. The molecule has 1 unspecified atom stereocenters. The van der Waals surface area contributed by atoms with Crippen molar-refractivity contribution in [2.75, 3.05) is 9.80 Å². The van der Waals surface area contributed by atoms with E-state index in [0.717, 1.165) is 46.2 Å². The highest BCUT2D eigenvalue weighted by Gasteiger charge is 2.23. The maximum atomic E-state index is 2.42. The van der Waals surface area contributed by atoms with Crippen LogP contribution in [0.1, 0.15) is 18.2 Å². The van der Waals surface area contributed by atoms with Gasteiger partial charge in [0.2, 0.25) is 0 Å². The van der Waals surface area contributed by atoms with Crippen LogP contribution in [-0.2, 0) is 6.42 Å². The summed E-state index contributed by atoms with van der Waals surface area (Å²) in [6.07, 6.45) is 5.68. The largest absolute Gasteiger partial charge is 0.310 e. The first-order valence-corrected chi connectivity index (χ1v) is 22.6. The minimum Gasteiger partial charge on any atom is -0.310 e. The Balaban J connectivity index is 0.899. The van der Waals surface area contributed by atoms with Crippen molar-refractivity contribution < 1.29 is 0 Å². The van der Waals surface area contributed by atoms with E-state index in [2.05, 4.69) is 269 Å². The van der Waals surface area contributed by atoms with E-state index in [0.29, 0.717) is 5.92 Å². The van der Waals surface area contributed by atoms with Crippen LogP contribution in [0.15, 0.2) is 237 Å². The highest BCUT2D eigenvalue weighted by Crippen LogP contribution is 2.43. The van der Waals surface area contributed by atoms with Crippen LogP contribution in [0.3, 0.4) is 0 Å². The molecule has 1 atom stereocenters. The molecule has 0 spiro atoms. The summed E-state index contributed by atoms with van der Waals surface area (Å²) in [5, 5.41) is 3.76. The molecule has 0 aliphatic heterocycles. The number of benzene rings is 9. The molecule has 0 amide bonds. The molecule has 4 heteroatoms. The number of allylic oxidation sites excluding steroid dienone is 1. The molecule has 2 heterocycles. The second kappa shape index (κ2) is 16.1. The fourth-order valence-electron chi connectivity index (χ4n) is 10.0. The Labute approximate surface area is 379 Å². The van der Waals surface area contributed by atoms with Gasteiger partial charge in [0.15, 0.2) is 0 Å². The normalized spacial score (nSPS) is 13.3. The highest BCUT2D eigenvalue weighted by molar-refractivity contribution is 6.10. The molecule has 9 aromatic carbocycles. The molecule has 1 aliphatic rings. The minimum absolute atomic E-state index is 0.484. The Morgan fingerprint density at radius 1 is 0.369 bits per heavy atom. The van der Waals surface area contributed by atoms with Crippen molar-refractivity contribution in [3.05, 3.63) is 248 Å². The van der Waals surface area contributed by atoms with Crippen LogP contribution in [-0.4, -0.2) is 9.13 Å². The predicted molar refractivity (Wildman–Crippen MR) is 274 cm³/mol. The molecule has 310 valence electrons. The molecule has 4 nitrogen and oxygen atoms in total. The molecule has 0 radical (unpaired) electrons. The summed E-state index contributed by atoms with van der Waals surface area (Å²) in [7, 11) is 0. The first kappa shape index (κ1) is 38.3. The number of fused-ring (bicyclic) bond motifs is 6. The van der Waals surface area contributed by atoms with Gasteiger partial charge in [-0.1, -0.05) is 128 Å². The van der Waals surface area contributed by atoms with Crippen molar-refractivity contribution in [1.82, 2.24) is 9.13 Å². The summed E-state index contributed by atoms with van der Waals surface area (Å²) < 4.78 is 4.79. The molecular formula is C61H46N4. The van der Waals surface area contributed by atoms with E-state index < -0.39 is 0 Å². The van der Waals surface area contributed by atoms with Crippen LogP contribution in [0, 0.1) is 5.92 Å². The van der Waals surface area contributed by atoms with Gasteiger partial charge in [0.1, 0.15) is 0 Å². The molecule has 1 aliphatic carbocycles. The van der Waals surface area contributed by atoms with Gasteiger partial charge in [-0.2, -0.15) is 0 Å². The van der Waals surface area contributed by atoms with Gasteiger partial charge in [-0.15, -0.1) is 0 Å². The third-order valence-corrected chi connectivity index (χ3v) is 13.0. The third-order valence-electron chi connectivity index (χ3n) is 13.0. The standard InChI is InChI=1S/C61H46N4/c1-43-26-37-59-55(40-43)57-42-53(36-39-61(57)65(59)49-22-12-5-13-23-49)63(47-18-8-3-9-19-47)51-33-29-45(30-34-51)44-27-31-50(32-28-44)62(46-16-6-2-7-17-46)52-35-38-60-56(41-52)54-24-14-15-25-58(54)64(60)48-20-10-4-11-21-48/h2-39,41-43H,40H2,1H3. The van der Waals surface area contributed by atoms with Crippen molar-refractivity contribution in [3.8, 4) is 22.5 Å². The van der Waals surface area contributed by atoms with Gasteiger partial charge in [0.05, 0.1) is 16.6 Å². The van der Waals surface area contributed by atoms with Crippen LogP contribution in [0.2, 0.25) is 0 Å². The molecule has 11 aromatic rings. The summed E-state index contributed by atoms with van der Waals surface area (Å²) in [6.45, 7) is 2.31. The number of para-hydroxylation sites is 5. The topological polar surface area (TPSA) is 16.3 Å². The smallest absolute Gasteiger partial charge is 0.0542 e. The zero-order valence-corrected chi connectivity index (χ0v) is 36.2. The van der Waals surface area contributed by atoms with Crippen LogP contribution < -0.4 is 9.80 Å². The van der Waals surface area contributed by atoms with E-state index in [-0.39, 0.29) is 0 Å². The van der Waals surface area contributed by atoms with Crippen molar-refractivity contribution >= 4 is 72.9 Å². The van der Waals surface area contributed by atoms with E-state index in [1.165, 1.54) is 60.8 Å². The first-order chi connectivity index (χ1) is 32.2. The summed E-state index contributed by atoms with van der Waals surface area (Å²) in [4.78, 5) is 4.74. The zero-order chi connectivity index (χ0) is 43.3. The number of rotatable bonds is 9. The molecule has 65 heavy (non-hydrogen) atoms. The summed E-state index contributed by atoms with van der Waals surface area (Å²) in [6, 6.07) is 83.4. The number of hydrogen-bond acceptors (Lipinski definition) is 2. The lowest BCUT2D eigenvalue weighted by molar-refractivity contribution is 0.718. The lowest BCUT2D eigenvalue weighted by Crippen LogP contribution is -2.10. The Morgan fingerprint density at radius 2 is 0.785 bits per heavy atom. The molecule has 0 fully saturated rings. The maximum absolute atomic E-state index is 2.42.